The molecule has 0 radical (unpaired) electrons. The van der Waals surface area contributed by atoms with Crippen LogP contribution < -0.4 is 4.43 Å². The first-order chi connectivity index (χ1) is 10.1. The molecule has 21 heavy (non-hydrogen) atoms. The fourth-order valence-corrected chi connectivity index (χ4v) is 2.65. The zero-order chi connectivity index (χ0) is 15.2. The van der Waals surface area contributed by atoms with E-state index in [1.165, 1.54) is 0 Å². The van der Waals surface area contributed by atoms with Crippen molar-refractivity contribution >= 4 is 15.3 Å². The summed E-state index contributed by atoms with van der Waals surface area (Å²) in [4.78, 5) is 13.1. The first-order valence-electron chi connectivity index (χ1n) is 7.13. The Morgan fingerprint density at radius 2 is 1.95 bits per heavy atom. The Hall–Kier alpha value is -2.01. The maximum absolute atomic E-state index is 5.97. The minimum atomic E-state index is -1.13. The Kier molecular flexibility index (Phi) is 5.22. The highest BCUT2D eigenvalue weighted by molar-refractivity contribution is 6.49. The summed E-state index contributed by atoms with van der Waals surface area (Å²) in [5.41, 5.74) is 2.78. The maximum Gasteiger partial charge on any atom is 0.229 e. The van der Waals surface area contributed by atoms with Gasteiger partial charge in [0.2, 0.25) is 9.04 Å². The van der Waals surface area contributed by atoms with Gasteiger partial charge in [0.05, 0.1) is 23.6 Å². The Morgan fingerprint density at radius 1 is 1.19 bits per heavy atom. The van der Waals surface area contributed by atoms with Gasteiger partial charge in [-0.1, -0.05) is 18.2 Å². The van der Waals surface area contributed by atoms with Gasteiger partial charge in [0.1, 0.15) is 5.75 Å². The van der Waals surface area contributed by atoms with Crippen molar-refractivity contribution in [1.82, 2.24) is 9.97 Å². The molecule has 2 rings (SSSR count). The third-order valence-corrected chi connectivity index (χ3v) is 3.69. The lowest BCUT2D eigenvalue weighted by molar-refractivity contribution is 0.564. The van der Waals surface area contributed by atoms with Gasteiger partial charge in [-0.05, 0) is 33.0 Å². The molecule has 0 aliphatic carbocycles. The average molecular weight is 299 g/mol. The van der Waals surface area contributed by atoms with Crippen LogP contribution in [0.2, 0.25) is 13.1 Å². The zero-order valence-corrected chi connectivity index (χ0v) is 14.1. The molecule has 5 heteroatoms. The van der Waals surface area contributed by atoms with Gasteiger partial charge in [0.15, 0.2) is 0 Å². The van der Waals surface area contributed by atoms with E-state index in [0.29, 0.717) is 0 Å². The zero-order valence-electron chi connectivity index (χ0n) is 12.9. The van der Waals surface area contributed by atoms with Gasteiger partial charge in [0, 0.05) is 18.0 Å². The van der Waals surface area contributed by atoms with Crippen LogP contribution in [0.15, 0.2) is 41.7 Å². The Morgan fingerprint density at radius 3 is 2.62 bits per heavy atom. The third-order valence-electron chi connectivity index (χ3n) is 2.96. The van der Waals surface area contributed by atoms with Gasteiger partial charge in [-0.3, -0.25) is 15.0 Å². The number of hydrogen-bond donors (Lipinski definition) is 0. The van der Waals surface area contributed by atoms with Crippen molar-refractivity contribution in [3.8, 4) is 5.75 Å². The fourth-order valence-electron chi connectivity index (χ4n) is 1.92. The second-order valence-electron chi connectivity index (χ2n) is 5.24. The van der Waals surface area contributed by atoms with Crippen LogP contribution in [0.4, 0.5) is 0 Å². The van der Waals surface area contributed by atoms with E-state index >= 15 is 0 Å². The van der Waals surface area contributed by atoms with Crippen LogP contribution in [0, 0.1) is 6.92 Å². The lowest BCUT2D eigenvalue weighted by Crippen LogP contribution is -2.13. The normalized spacial score (nSPS) is 12.8. The van der Waals surface area contributed by atoms with Gasteiger partial charge < -0.3 is 4.43 Å². The van der Waals surface area contributed by atoms with Crippen LogP contribution in [-0.4, -0.2) is 25.2 Å². The summed E-state index contributed by atoms with van der Waals surface area (Å²) in [6.45, 7) is 8.29. The van der Waals surface area contributed by atoms with E-state index in [4.69, 9.17) is 4.43 Å². The largest absolute Gasteiger partial charge is 0.547 e. The van der Waals surface area contributed by atoms with Crippen molar-refractivity contribution in [3.63, 3.8) is 0 Å². The fraction of sp³-hybridized carbons (Fsp3) is 0.312. The third kappa shape index (κ3) is 4.49. The number of hydrogen-bond acceptors (Lipinski definition) is 4. The first-order valence-corrected chi connectivity index (χ1v) is 9.91. The predicted molar refractivity (Wildman–Crippen MR) is 88.7 cm³/mol. The summed E-state index contributed by atoms with van der Waals surface area (Å²) in [7, 11) is -1.13. The summed E-state index contributed by atoms with van der Waals surface area (Å²) in [6.07, 6.45) is 5.24. The minimum absolute atomic E-state index is 0.0250. The molecule has 0 saturated heterocycles. The molecule has 0 aliphatic heterocycles. The van der Waals surface area contributed by atoms with Crippen LogP contribution in [-0.2, 0) is 0 Å². The summed E-state index contributed by atoms with van der Waals surface area (Å²) in [6, 6.07) is 8.12. The van der Waals surface area contributed by atoms with E-state index in [1.54, 1.807) is 18.6 Å². The van der Waals surface area contributed by atoms with Crippen molar-refractivity contribution in [1.29, 1.82) is 0 Å². The molecule has 0 spiro atoms. The molecular formula is C16H21N3OSi. The number of aromatic nitrogens is 2. The highest BCUT2D eigenvalue weighted by Crippen LogP contribution is 2.27. The lowest BCUT2D eigenvalue weighted by Gasteiger charge is -2.16. The number of aliphatic imine (C=N–C) groups is 1. The summed E-state index contributed by atoms with van der Waals surface area (Å²) in [5.74, 6) is 0.943. The molecule has 1 aromatic carbocycles. The number of benzene rings is 1. The quantitative estimate of drug-likeness (QED) is 0.628. The van der Waals surface area contributed by atoms with E-state index in [0.717, 1.165) is 22.7 Å². The Labute approximate surface area is 127 Å². The molecule has 1 unspecified atom stereocenters. The second kappa shape index (κ2) is 7.13. The molecule has 0 amide bonds. The van der Waals surface area contributed by atoms with Crippen molar-refractivity contribution in [2.24, 2.45) is 4.99 Å². The first kappa shape index (κ1) is 15.4. The Bertz CT molecular complexity index is 611. The lowest BCUT2D eigenvalue weighted by atomic mass is 10.1. The van der Waals surface area contributed by atoms with Gasteiger partial charge in [-0.25, -0.2) is 0 Å². The molecule has 1 aromatic heterocycles. The monoisotopic (exact) mass is 299 g/mol. The second-order valence-corrected chi connectivity index (χ2v) is 7.57. The number of rotatable bonds is 5. The predicted octanol–water partition coefficient (Wildman–Crippen LogP) is 3.33. The topological polar surface area (TPSA) is 47.4 Å². The van der Waals surface area contributed by atoms with Gasteiger partial charge in [0.25, 0.3) is 0 Å². The highest BCUT2D eigenvalue weighted by Gasteiger charge is 2.10. The van der Waals surface area contributed by atoms with Crippen molar-refractivity contribution in [2.75, 3.05) is 0 Å². The van der Waals surface area contributed by atoms with Crippen LogP contribution in [0.3, 0.4) is 0 Å². The maximum atomic E-state index is 5.97. The number of para-hydroxylation sites is 1. The molecule has 0 bridgehead atoms. The molecule has 1 heterocycles. The van der Waals surface area contributed by atoms with E-state index < -0.39 is 9.04 Å². The van der Waals surface area contributed by atoms with Gasteiger partial charge in [-0.2, -0.15) is 0 Å². The summed E-state index contributed by atoms with van der Waals surface area (Å²) >= 11 is 0. The number of nitrogens with zero attached hydrogens (tertiary/aromatic N) is 3. The SMILES string of the molecule is Cc1cnc(C=NC(C)c2ccccc2O[SiH](C)C)cn1. The molecule has 0 fully saturated rings. The molecular weight excluding hydrogens is 278 g/mol. The van der Waals surface area contributed by atoms with Crippen molar-refractivity contribution < 1.29 is 4.43 Å². The van der Waals surface area contributed by atoms with Crippen LogP contribution in [0.25, 0.3) is 0 Å². The molecule has 110 valence electrons. The molecule has 0 N–H and O–H groups in total. The van der Waals surface area contributed by atoms with Crippen molar-refractivity contribution in [3.05, 3.63) is 53.6 Å². The van der Waals surface area contributed by atoms with E-state index in [9.17, 15) is 0 Å². The smallest absolute Gasteiger partial charge is 0.229 e. The molecule has 1 atom stereocenters. The molecule has 0 saturated carbocycles. The van der Waals surface area contributed by atoms with Gasteiger partial charge in [-0.15, -0.1) is 0 Å². The van der Waals surface area contributed by atoms with E-state index in [2.05, 4.69) is 41.0 Å². The van der Waals surface area contributed by atoms with Crippen LogP contribution >= 0.6 is 0 Å². The molecule has 2 aromatic rings. The number of aryl methyl sites for hydroxylation is 1. The summed E-state index contributed by atoms with van der Waals surface area (Å²) in [5, 5.41) is 0. The molecule has 4 nitrogen and oxygen atoms in total. The van der Waals surface area contributed by atoms with Gasteiger partial charge >= 0.3 is 0 Å². The Balaban J connectivity index is 2.16. The van der Waals surface area contributed by atoms with E-state index in [1.807, 2.05) is 25.1 Å². The van der Waals surface area contributed by atoms with Crippen molar-refractivity contribution in [2.45, 2.75) is 33.0 Å². The average Bonchev–Trinajstić information content (AvgIpc) is 2.46. The standard InChI is InChI=1S/C16H21N3OSi/c1-12-9-19-14(10-17-12)11-18-13(2)15-7-5-6-8-16(15)20-21(3)4/h5-11,13,21H,1-4H3. The molecule has 0 aliphatic rings. The highest BCUT2D eigenvalue weighted by atomic mass is 28.3. The summed E-state index contributed by atoms with van der Waals surface area (Å²) < 4.78 is 5.97. The van der Waals surface area contributed by atoms with Crippen LogP contribution in [0.1, 0.15) is 29.9 Å². The van der Waals surface area contributed by atoms with Crippen LogP contribution in [0.5, 0.6) is 5.75 Å². The minimum Gasteiger partial charge on any atom is -0.547 e. The van der Waals surface area contributed by atoms with E-state index in [-0.39, 0.29) is 6.04 Å².